The van der Waals surface area contributed by atoms with Gasteiger partial charge in [-0.2, -0.15) is 0 Å². The Kier molecular flexibility index (Phi) is 7.15. The molecule has 1 unspecified atom stereocenters. The number of Topliss-reactive ketones (excluding diaryl/α,β-unsaturated/α-hetero) is 1. The molecule has 0 saturated carbocycles. The topological polar surface area (TPSA) is 83.1 Å². The van der Waals surface area contributed by atoms with Crippen LogP contribution in [0.4, 0.5) is 0 Å². The molecule has 30 heavy (non-hydrogen) atoms. The van der Waals surface area contributed by atoms with Crippen molar-refractivity contribution in [2.75, 3.05) is 34.0 Å². The number of hydrogen-bond donors (Lipinski definition) is 1. The molecule has 3 rings (SSSR count). The van der Waals surface area contributed by atoms with Crippen LogP contribution in [0.25, 0.3) is 0 Å². The van der Waals surface area contributed by atoms with Crippen LogP contribution >= 0.6 is 0 Å². The molecule has 1 aliphatic heterocycles. The van der Waals surface area contributed by atoms with Crippen molar-refractivity contribution < 1.29 is 28.5 Å². The van der Waals surface area contributed by atoms with Gasteiger partial charge in [0.25, 0.3) is 0 Å². The first-order valence-corrected chi connectivity index (χ1v) is 10.2. The van der Waals surface area contributed by atoms with Crippen LogP contribution in [0.3, 0.4) is 0 Å². The smallest absolute Gasteiger partial charge is 0.336 e. The molecule has 7 nitrogen and oxygen atoms in total. The molecule has 2 aliphatic rings. The average molecular weight is 415 g/mol. The molecule has 0 bridgehead atoms. The second kappa shape index (κ2) is 9.80. The van der Waals surface area contributed by atoms with Crippen LogP contribution in [0.2, 0.25) is 0 Å². The highest BCUT2D eigenvalue weighted by Crippen LogP contribution is 2.44. The average Bonchev–Trinajstić information content (AvgIpc) is 2.75. The molecule has 162 valence electrons. The van der Waals surface area contributed by atoms with Gasteiger partial charge in [-0.1, -0.05) is 6.07 Å². The fraction of sp³-hybridized carbons (Fsp3) is 0.478. The van der Waals surface area contributed by atoms with Crippen LogP contribution in [-0.2, 0) is 19.1 Å². The largest absolute Gasteiger partial charge is 0.493 e. The molecule has 7 heteroatoms. The van der Waals surface area contributed by atoms with E-state index in [-0.39, 0.29) is 12.4 Å². The Morgan fingerprint density at radius 2 is 1.90 bits per heavy atom. The highest BCUT2D eigenvalue weighted by molar-refractivity contribution is 6.03. The first-order valence-electron chi connectivity index (χ1n) is 10.2. The highest BCUT2D eigenvalue weighted by Gasteiger charge is 2.39. The lowest BCUT2D eigenvalue weighted by molar-refractivity contribution is -0.140. The van der Waals surface area contributed by atoms with Crippen molar-refractivity contribution in [2.45, 2.75) is 39.0 Å². The van der Waals surface area contributed by atoms with Gasteiger partial charge in [0.15, 0.2) is 17.3 Å². The quantitative estimate of drug-likeness (QED) is 0.515. The van der Waals surface area contributed by atoms with Crippen molar-refractivity contribution in [3.05, 3.63) is 46.3 Å². The zero-order chi connectivity index (χ0) is 21.7. The van der Waals surface area contributed by atoms with Crippen LogP contribution in [0.15, 0.2) is 40.7 Å². The SMILES string of the molecule is CCOCCOC(=O)C1=C(C)NC2=C(C(=O)CCC2)C1c1ccc(OC)c(OC)c1. The first-order chi connectivity index (χ1) is 14.5. The normalized spacial score (nSPS) is 18.7. The third kappa shape index (κ3) is 4.36. The lowest BCUT2D eigenvalue weighted by Crippen LogP contribution is -2.34. The second-order valence-corrected chi connectivity index (χ2v) is 7.21. The molecule has 0 spiro atoms. The fourth-order valence-electron chi connectivity index (χ4n) is 4.03. The molecule has 1 atom stereocenters. The Labute approximate surface area is 177 Å². The van der Waals surface area contributed by atoms with Crippen molar-refractivity contribution >= 4 is 11.8 Å². The Morgan fingerprint density at radius 1 is 1.13 bits per heavy atom. The lowest BCUT2D eigenvalue weighted by atomic mass is 9.75. The maximum atomic E-state index is 13.0. The minimum absolute atomic E-state index is 0.0515. The van der Waals surface area contributed by atoms with Crippen molar-refractivity contribution in [1.29, 1.82) is 0 Å². The van der Waals surface area contributed by atoms with Crippen LogP contribution in [0.1, 0.15) is 44.6 Å². The van der Waals surface area contributed by atoms with E-state index in [2.05, 4.69) is 5.32 Å². The number of ether oxygens (including phenoxy) is 4. The molecule has 1 aromatic rings. The molecule has 0 amide bonds. The summed E-state index contributed by atoms with van der Waals surface area (Å²) in [7, 11) is 3.13. The molecule has 0 aromatic heterocycles. The monoisotopic (exact) mass is 415 g/mol. The van der Waals surface area contributed by atoms with E-state index in [4.69, 9.17) is 18.9 Å². The molecule has 1 aliphatic carbocycles. The minimum Gasteiger partial charge on any atom is -0.493 e. The lowest BCUT2D eigenvalue weighted by Gasteiger charge is -2.34. The first kappa shape index (κ1) is 21.9. The predicted molar refractivity (Wildman–Crippen MR) is 111 cm³/mol. The Bertz CT molecular complexity index is 886. The fourth-order valence-corrected chi connectivity index (χ4v) is 4.03. The van der Waals surface area contributed by atoms with E-state index in [1.54, 1.807) is 20.3 Å². The van der Waals surface area contributed by atoms with E-state index in [0.29, 0.717) is 48.0 Å². The molecular weight excluding hydrogens is 386 g/mol. The number of carbonyl (C=O) groups is 2. The maximum absolute atomic E-state index is 13.0. The van der Waals surface area contributed by atoms with Crippen LogP contribution < -0.4 is 14.8 Å². The summed E-state index contributed by atoms with van der Waals surface area (Å²) < 4.78 is 21.5. The number of benzene rings is 1. The summed E-state index contributed by atoms with van der Waals surface area (Å²) in [6.07, 6.45) is 2.04. The van der Waals surface area contributed by atoms with Crippen molar-refractivity contribution in [3.8, 4) is 11.5 Å². The minimum atomic E-state index is -0.520. The summed E-state index contributed by atoms with van der Waals surface area (Å²) >= 11 is 0. The van der Waals surface area contributed by atoms with Gasteiger partial charge in [0.2, 0.25) is 0 Å². The molecule has 0 fully saturated rings. The van der Waals surface area contributed by atoms with Gasteiger partial charge in [0.1, 0.15) is 6.61 Å². The number of hydrogen-bond acceptors (Lipinski definition) is 7. The number of dihydropyridines is 1. The summed E-state index contributed by atoms with van der Waals surface area (Å²) in [5.41, 5.74) is 3.44. The van der Waals surface area contributed by atoms with E-state index in [0.717, 1.165) is 24.1 Å². The molecular formula is C23H29NO6. The molecule has 1 N–H and O–H groups in total. The third-order valence-corrected chi connectivity index (χ3v) is 5.40. The van der Waals surface area contributed by atoms with Gasteiger partial charge < -0.3 is 24.3 Å². The van der Waals surface area contributed by atoms with Crippen molar-refractivity contribution in [2.24, 2.45) is 0 Å². The standard InChI is InChI=1S/C23H29NO6/c1-5-29-11-12-30-23(26)20-14(2)24-16-7-6-8-17(25)22(16)21(20)15-9-10-18(27-3)19(13-15)28-4/h9-10,13,21,24H,5-8,11-12H2,1-4H3. The third-order valence-electron chi connectivity index (χ3n) is 5.40. The highest BCUT2D eigenvalue weighted by atomic mass is 16.6. The molecule has 0 radical (unpaired) electrons. The van der Waals surface area contributed by atoms with Crippen LogP contribution in [0.5, 0.6) is 11.5 Å². The van der Waals surface area contributed by atoms with Gasteiger partial charge in [0, 0.05) is 35.9 Å². The Morgan fingerprint density at radius 3 is 2.60 bits per heavy atom. The van der Waals surface area contributed by atoms with Gasteiger partial charge >= 0.3 is 5.97 Å². The summed E-state index contributed by atoms with van der Waals surface area (Å²) in [5.74, 6) is 0.204. The van der Waals surface area contributed by atoms with Gasteiger partial charge in [-0.05, 0) is 44.4 Å². The van der Waals surface area contributed by atoms with E-state index >= 15 is 0 Å². The van der Waals surface area contributed by atoms with Crippen molar-refractivity contribution in [1.82, 2.24) is 5.32 Å². The molecule has 1 heterocycles. The zero-order valence-electron chi connectivity index (χ0n) is 18.0. The van der Waals surface area contributed by atoms with Crippen molar-refractivity contribution in [3.63, 3.8) is 0 Å². The van der Waals surface area contributed by atoms with Gasteiger partial charge in [0.05, 0.1) is 26.4 Å². The number of nitrogens with one attached hydrogen (secondary N) is 1. The summed E-state index contributed by atoms with van der Waals surface area (Å²) in [5, 5.41) is 3.28. The van der Waals surface area contributed by atoms with Gasteiger partial charge in [-0.25, -0.2) is 4.79 Å². The van der Waals surface area contributed by atoms with E-state index < -0.39 is 11.9 Å². The Hall–Kier alpha value is -2.80. The van der Waals surface area contributed by atoms with E-state index in [1.165, 1.54) is 0 Å². The molecule has 1 aromatic carbocycles. The summed E-state index contributed by atoms with van der Waals surface area (Å²) in [6.45, 7) is 4.77. The second-order valence-electron chi connectivity index (χ2n) is 7.21. The number of allylic oxidation sites excluding steroid dienone is 3. The van der Waals surface area contributed by atoms with Gasteiger partial charge in [-0.3, -0.25) is 4.79 Å². The van der Waals surface area contributed by atoms with Crippen LogP contribution in [-0.4, -0.2) is 45.8 Å². The van der Waals surface area contributed by atoms with Gasteiger partial charge in [-0.15, -0.1) is 0 Å². The summed E-state index contributed by atoms with van der Waals surface area (Å²) in [4.78, 5) is 26.0. The van der Waals surface area contributed by atoms with E-state index in [1.807, 2.05) is 26.0 Å². The number of carbonyl (C=O) groups excluding carboxylic acids is 2. The zero-order valence-corrected chi connectivity index (χ0v) is 18.0. The van der Waals surface area contributed by atoms with E-state index in [9.17, 15) is 9.59 Å². The number of methoxy groups -OCH3 is 2. The van der Waals surface area contributed by atoms with Crippen LogP contribution in [0, 0.1) is 0 Å². The molecule has 0 saturated heterocycles. The Balaban J connectivity index is 2.04. The number of ketones is 1. The predicted octanol–water partition coefficient (Wildman–Crippen LogP) is 3.25. The number of esters is 1. The maximum Gasteiger partial charge on any atom is 0.336 e. The summed E-state index contributed by atoms with van der Waals surface area (Å²) in [6, 6.07) is 5.48. The number of rotatable bonds is 8.